The number of ether oxygens (including phenoxy) is 2. The predicted octanol–water partition coefficient (Wildman–Crippen LogP) is 3.78. The van der Waals surface area contributed by atoms with Gasteiger partial charge in [0.25, 0.3) is 0 Å². The third kappa shape index (κ3) is 3.74. The van der Waals surface area contributed by atoms with Crippen molar-refractivity contribution in [3.8, 4) is 5.75 Å². The number of nitrogens with one attached hydrogen (secondary N) is 1. The van der Waals surface area contributed by atoms with Crippen LogP contribution in [-0.4, -0.2) is 26.9 Å². The largest absolute Gasteiger partial charge is 0.496 e. The highest BCUT2D eigenvalue weighted by Gasteiger charge is 2.25. The maximum atomic E-state index is 5.94. The summed E-state index contributed by atoms with van der Waals surface area (Å²) in [6.07, 6.45) is 2.32. The molecule has 0 aliphatic heterocycles. The second-order valence-corrected chi connectivity index (χ2v) is 5.18. The summed E-state index contributed by atoms with van der Waals surface area (Å²) in [7, 11) is 3.73. The molecule has 3 nitrogen and oxygen atoms in total. The molecule has 0 amide bonds. The Bertz CT molecular complexity index is 412. The Balaban J connectivity index is 3.19. The van der Waals surface area contributed by atoms with Crippen LogP contribution in [0, 0.1) is 13.8 Å². The van der Waals surface area contributed by atoms with Gasteiger partial charge in [-0.2, -0.15) is 0 Å². The van der Waals surface area contributed by atoms with E-state index in [4.69, 9.17) is 9.47 Å². The second kappa shape index (κ2) is 8.28. The molecule has 2 unspecified atom stereocenters. The Morgan fingerprint density at radius 1 is 1.20 bits per heavy atom. The zero-order chi connectivity index (χ0) is 15.1. The van der Waals surface area contributed by atoms with Gasteiger partial charge in [0.05, 0.1) is 19.3 Å². The molecule has 2 atom stereocenters. The monoisotopic (exact) mass is 279 g/mol. The zero-order valence-corrected chi connectivity index (χ0v) is 13.7. The standard InChI is InChI=1S/C17H29NO2/c1-7-9-15(20-8-2)16(18-5)14-11-10-12(3)13(4)17(14)19-6/h10-11,15-16,18H,7-9H2,1-6H3. The van der Waals surface area contributed by atoms with Gasteiger partial charge in [0.1, 0.15) is 5.75 Å². The molecule has 3 heteroatoms. The Morgan fingerprint density at radius 3 is 2.40 bits per heavy atom. The van der Waals surface area contributed by atoms with E-state index in [1.807, 2.05) is 14.0 Å². The van der Waals surface area contributed by atoms with Crippen molar-refractivity contribution in [3.63, 3.8) is 0 Å². The lowest BCUT2D eigenvalue weighted by Gasteiger charge is -2.29. The predicted molar refractivity (Wildman–Crippen MR) is 84.6 cm³/mol. The van der Waals surface area contributed by atoms with Crippen LogP contribution in [0.4, 0.5) is 0 Å². The van der Waals surface area contributed by atoms with E-state index in [9.17, 15) is 0 Å². The van der Waals surface area contributed by atoms with Crippen LogP contribution < -0.4 is 10.1 Å². The molecule has 114 valence electrons. The zero-order valence-electron chi connectivity index (χ0n) is 13.7. The molecule has 0 aliphatic carbocycles. The second-order valence-electron chi connectivity index (χ2n) is 5.18. The number of aryl methyl sites for hydroxylation is 1. The van der Waals surface area contributed by atoms with Gasteiger partial charge in [-0.1, -0.05) is 25.5 Å². The van der Waals surface area contributed by atoms with Gasteiger partial charge in [-0.25, -0.2) is 0 Å². The van der Waals surface area contributed by atoms with Crippen molar-refractivity contribution < 1.29 is 9.47 Å². The number of likely N-dealkylation sites (N-methyl/N-ethyl adjacent to an activating group) is 1. The van der Waals surface area contributed by atoms with Crippen LogP contribution in [0.3, 0.4) is 0 Å². The molecule has 20 heavy (non-hydrogen) atoms. The minimum atomic E-state index is 0.157. The van der Waals surface area contributed by atoms with Gasteiger partial charge in [-0.15, -0.1) is 0 Å². The summed E-state index contributed by atoms with van der Waals surface area (Å²) in [6.45, 7) is 9.20. The van der Waals surface area contributed by atoms with Gasteiger partial charge in [0.2, 0.25) is 0 Å². The van der Waals surface area contributed by atoms with E-state index in [1.165, 1.54) is 16.7 Å². The van der Waals surface area contributed by atoms with E-state index in [1.54, 1.807) is 7.11 Å². The smallest absolute Gasteiger partial charge is 0.126 e. The normalized spacial score (nSPS) is 14.1. The fraction of sp³-hybridized carbons (Fsp3) is 0.647. The molecule has 0 aliphatic rings. The van der Waals surface area contributed by atoms with Gasteiger partial charge in [0.15, 0.2) is 0 Å². The van der Waals surface area contributed by atoms with Crippen molar-refractivity contribution in [2.24, 2.45) is 0 Å². The molecule has 0 radical (unpaired) electrons. The summed E-state index contributed by atoms with van der Waals surface area (Å²) >= 11 is 0. The van der Waals surface area contributed by atoms with Crippen molar-refractivity contribution in [1.29, 1.82) is 0 Å². The number of hydrogen-bond donors (Lipinski definition) is 1. The molecule has 0 saturated heterocycles. The molecule has 0 bridgehead atoms. The summed E-state index contributed by atoms with van der Waals surface area (Å²) in [5, 5.41) is 3.40. The van der Waals surface area contributed by atoms with Gasteiger partial charge in [0, 0.05) is 12.2 Å². The van der Waals surface area contributed by atoms with E-state index in [2.05, 4.69) is 38.2 Å². The molecule has 0 saturated carbocycles. The Labute approximate surface area is 123 Å². The van der Waals surface area contributed by atoms with Gasteiger partial charge < -0.3 is 14.8 Å². The molecular weight excluding hydrogens is 250 g/mol. The van der Waals surface area contributed by atoms with E-state index in [0.717, 1.165) is 25.2 Å². The highest BCUT2D eigenvalue weighted by molar-refractivity contribution is 5.47. The van der Waals surface area contributed by atoms with Crippen molar-refractivity contribution in [3.05, 3.63) is 28.8 Å². The molecule has 0 fully saturated rings. The fourth-order valence-electron chi connectivity index (χ4n) is 2.71. The lowest BCUT2D eigenvalue weighted by atomic mass is 9.94. The van der Waals surface area contributed by atoms with E-state index >= 15 is 0 Å². The van der Waals surface area contributed by atoms with Crippen molar-refractivity contribution in [2.75, 3.05) is 20.8 Å². The number of methoxy groups -OCH3 is 1. The number of hydrogen-bond acceptors (Lipinski definition) is 3. The Hall–Kier alpha value is -1.06. The molecule has 1 aromatic rings. The third-order valence-electron chi connectivity index (χ3n) is 3.88. The highest BCUT2D eigenvalue weighted by Crippen LogP contribution is 2.34. The summed E-state index contributed by atoms with van der Waals surface area (Å²) in [4.78, 5) is 0. The van der Waals surface area contributed by atoms with Crippen LogP contribution in [0.1, 0.15) is 49.4 Å². The lowest BCUT2D eigenvalue weighted by Crippen LogP contribution is -2.32. The average Bonchev–Trinajstić information content (AvgIpc) is 2.44. The maximum absolute atomic E-state index is 5.94. The quantitative estimate of drug-likeness (QED) is 0.785. The van der Waals surface area contributed by atoms with Gasteiger partial charge >= 0.3 is 0 Å². The first-order valence-corrected chi connectivity index (χ1v) is 7.53. The van der Waals surface area contributed by atoms with Gasteiger partial charge in [-0.05, 0) is 45.4 Å². The van der Waals surface area contributed by atoms with E-state index in [0.29, 0.717) is 0 Å². The number of benzene rings is 1. The Kier molecular flexibility index (Phi) is 7.03. The topological polar surface area (TPSA) is 30.5 Å². The average molecular weight is 279 g/mol. The van der Waals surface area contributed by atoms with Crippen molar-refractivity contribution in [1.82, 2.24) is 5.32 Å². The van der Waals surface area contributed by atoms with E-state index < -0.39 is 0 Å². The first-order chi connectivity index (χ1) is 9.60. The maximum Gasteiger partial charge on any atom is 0.126 e. The molecule has 0 heterocycles. The fourth-order valence-corrected chi connectivity index (χ4v) is 2.71. The van der Waals surface area contributed by atoms with Crippen LogP contribution in [0.5, 0.6) is 5.75 Å². The molecule has 1 N–H and O–H groups in total. The highest BCUT2D eigenvalue weighted by atomic mass is 16.5. The molecule has 0 aromatic heterocycles. The van der Waals surface area contributed by atoms with Crippen LogP contribution in [0.15, 0.2) is 12.1 Å². The van der Waals surface area contributed by atoms with Gasteiger partial charge in [-0.3, -0.25) is 0 Å². The third-order valence-corrected chi connectivity index (χ3v) is 3.88. The molecular formula is C17H29NO2. The summed E-state index contributed by atoms with van der Waals surface area (Å²) in [5.74, 6) is 0.977. The van der Waals surface area contributed by atoms with E-state index in [-0.39, 0.29) is 12.1 Å². The van der Waals surface area contributed by atoms with Crippen LogP contribution in [0.25, 0.3) is 0 Å². The lowest BCUT2D eigenvalue weighted by molar-refractivity contribution is 0.0289. The SMILES string of the molecule is CCCC(OCC)C(NC)c1ccc(C)c(C)c1OC. The number of rotatable bonds is 8. The molecule has 1 aromatic carbocycles. The van der Waals surface area contributed by atoms with Crippen LogP contribution in [0.2, 0.25) is 0 Å². The van der Waals surface area contributed by atoms with Crippen molar-refractivity contribution in [2.45, 2.75) is 52.7 Å². The summed E-state index contributed by atoms with van der Waals surface area (Å²) in [5.41, 5.74) is 3.64. The molecule has 1 rings (SSSR count). The summed E-state index contributed by atoms with van der Waals surface area (Å²) in [6, 6.07) is 4.47. The molecule has 0 spiro atoms. The minimum absolute atomic E-state index is 0.157. The Morgan fingerprint density at radius 2 is 1.90 bits per heavy atom. The first kappa shape index (κ1) is 17.0. The minimum Gasteiger partial charge on any atom is -0.496 e. The van der Waals surface area contributed by atoms with Crippen LogP contribution in [-0.2, 0) is 4.74 Å². The van der Waals surface area contributed by atoms with Crippen LogP contribution >= 0.6 is 0 Å². The summed E-state index contributed by atoms with van der Waals surface area (Å²) < 4.78 is 11.6. The van der Waals surface area contributed by atoms with Crippen molar-refractivity contribution >= 4 is 0 Å². The first-order valence-electron chi connectivity index (χ1n) is 7.53.